The Kier molecular flexibility index (Phi) is 5.66. The minimum atomic E-state index is -0.401. The normalized spacial score (nSPS) is 17.5. The van der Waals surface area contributed by atoms with Crippen molar-refractivity contribution in [3.05, 3.63) is 65.1 Å². The van der Waals surface area contributed by atoms with Crippen molar-refractivity contribution >= 4 is 5.95 Å². The molecule has 0 N–H and O–H groups in total. The maximum Gasteiger partial charge on any atom is 0.231 e. The van der Waals surface area contributed by atoms with Gasteiger partial charge >= 0.3 is 0 Å². The summed E-state index contributed by atoms with van der Waals surface area (Å²) < 4.78 is 31.5. The largest absolute Gasteiger partial charge is 0.454 e. The second-order valence-electron chi connectivity index (χ2n) is 8.98. The zero-order valence-corrected chi connectivity index (χ0v) is 19.0. The van der Waals surface area contributed by atoms with E-state index in [2.05, 4.69) is 15.9 Å². The highest BCUT2D eigenvalue weighted by molar-refractivity contribution is 5.46. The number of piperidine rings is 1. The molecular weight excluding hydrogens is 435 g/mol. The van der Waals surface area contributed by atoms with Crippen LogP contribution in [0, 0.1) is 5.82 Å². The molecule has 0 aliphatic carbocycles. The van der Waals surface area contributed by atoms with Gasteiger partial charge in [-0.25, -0.2) is 9.37 Å². The third-order valence-electron chi connectivity index (χ3n) is 6.61. The Morgan fingerprint density at radius 1 is 0.941 bits per heavy atom. The van der Waals surface area contributed by atoms with Gasteiger partial charge < -0.3 is 19.1 Å². The summed E-state index contributed by atoms with van der Waals surface area (Å²) in [7, 11) is 0. The van der Waals surface area contributed by atoms with Crippen molar-refractivity contribution in [3.63, 3.8) is 0 Å². The smallest absolute Gasteiger partial charge is 0.231 e. The number of halogens is 1. The first-order valence-electron chi connectivity index (χ1n) is 11.9. The molecule has 6 rings (SSSR count). The van der Waals surface area contributed by atoms with Gasteiger partial charge in [-0.1, -0.05) is 18.2 Å². The molecule has 3 aliphatic heterocycles. The first-order chi connectivity index (χ1) is 16.7. The van der Waals surface area contributed by atoms with Gasteiger partial charge in [0.2, 0.25) is 18.6 Å². The molecule has 34 heavy (non-hydrogen) atoms. The summed E-state index contributed by atoms with van der Waals surface area (Å²) in [5.41, 5.74) is 3.06. The molecule has 0 bridgehead atoms. The number of para-hydroxylation sites is 1. The minimum absolute atomic E-state index is 0.181. The molecule has 4 heterocycles. The Hall–Kier alpha value is -3.39. The van der Waals surface area contributed by atoms with Crippen LogP contribution in [-0.2, 0) is 19.5 Å². The molecule has 1 saturated heterocycles. The minimum Gasteiger partial charge on any atom is -0.454 e. The van der Waals surface area contributed by atoms with E-state index >= 15 is 0 Å². The number of hydrogen-bond donors (Lipinski definition) is 0. The van der Waals surface area contributed by atoms with Gasteiger partial charge in [0.1, 0.15) is 0 Å². The Bertz CT molecular complexity index is 1200. The van der Waals surface area contributed by atoms with Crippen LogP contribution in [0.15, 0.2) is 42.5 Å². The number of aromatic nitrogens is 2. The first kappa shape index (κ1) is 21.2. The second-order valence-corrected chi connectivity index (χ2v) is 8.98. The van der Waals surface area contributed by atoms with E-state index in [1.54, 1.807) is 18.2 Å². The summed E-state index contributed by atoms with van der Waals surface area (Å²) in [5, 5.41) is 0. The fraction of sp³-hybridized carbons (Fsp3) is 0.385. The first-order valence-corrected chi connectivity index (χ1v) is 11.9. The number of anilines is 1. The van der Waals surface area contributed by atoms with Crippen LogP contribution in [0.4, 0.5) is 10.3 Å². The Morgan fingerprint density at radius 2 is 1.79 bits per heavy atom. The summed E-state index contributed by atoms with van der Waals surface area (Å²) in [4.78, 5) is 14.3. The van der Waals surface area contributed by atoms with E-state index in [0.29, 0.717) is 18.4 Å². The fourth-order valence-corrected chi connectivity index (χ4v) is 4.81. The van der Waals surface area contributed by atoms with Crippen LogP contribution in [0.5, 0.6) is 23.1 Å². The Morgan fingerprint density at radius 3 is 2.68 bits per heavy atom. The molecule has 1 fully saturated rings. The topological polar surface area (TPSA) is 60.0 Å². The average Bonchev–Trinajstić information content (AvgIpc) is 3.34. The highest BCUT2D eigenvalue weighted by atomic mass is 19.1. The van der Waals surface area contributed by atoms with Crippen LogP contribution in [0.2, 0.25) is 0 Å². The highest BCUT2D eigenvalue weighted by Crippen LogP contribution is 2.35. The molecule has 0 spiro atoms. The molecule has 3 aromatic rings. The van der Waals surface area contributed by atoms with Crippen LogP contribution < -0.4 is 19.1 Å². The Balaban J connectivity index is 1.29. The summed E-state index contributed by atoms with van der Waals surface area (Å²) >= 11 is 0. The van der Waals surface area contributed by atoms with Crippen molar-refractivity contribution < 1.29 is 18.6 Å². The van der Waals surface area contributed by atoms with Crippen molar-refractivity contribution in [3.8, 4) is 23.1 Å². The van der Waals surface area contributed by atoms with E-state index in [0.717, 1.165) is 73.8 Å². The van der Waals surface area contributed by atoms with Gasteiger partial charge in [-0.15, -0.1) is 0 Å². The standard InChI is InChI=1S/C26H27FN4O3/c27-20-6-2-3-7-22(20)34-25-19-16-30(15-18-8-9-23-24(14-18)33-17-32-23)13-10-21(19)28-26(29-25)31-11-4-1-5-12-31/h2-3,6-9,14H,1,4-5,10-13,15-17H2. The predicted octanol–water partition coefficient (Wildman–Crippen LogP) is 4.69. The molecule has 2 aromatic carbocycles. The summed E-state index contributed by atoms with van der Waals surface area (Å²) in [5.74, 6) is 2.49. The average molecular weight is 463 g/mol. The van der Waals surface area contributed by atoms with Crippen molar-refractivity contribution in [2.45, 2.75) is 38.8 Å². The van der Waals surface area contributed by atoms with Crippen molar-refractivity contribution in [1.29, 1.82) is 0 Å². The highest BCUT2D eigenvalue weighted by Gasteiger charge is 2.27. The summed E-state index contributed by atoms with van der Waals surface area (Å²) in [6.07, 6.45) is 4.28. The predicted molar refractivity (Wildman–Crippen MR) is 125 cm³/mol. The third kappa shape index (κ3) is 4.25. The zero-order valence-electron chi connectivity index (χ0n) is 19.0. The lowest BCUT2D eigenvalue weighted by Crippen LogP contribution is -2.34. The lowest BCUT2D eigenvalue weighted by Gasteiger charge is -2.32. The number of nitrogens with zero attached hydrogens (tertiary/aromatic N) is 4. The molecular formula is C26H27FN4O3. The van der Waals surface area contributed by atoms with Crippen LogP contribution in [0.25, 0.3) is 0 Å². The summed E-state index contributed by atoms with van der Waals surface area (Å²) in [6, 6.07) is 12.5. The maximum atomic E-state index is 14.4. The van der Waals surface area contributed by atoms with E-state index in [1.165, 1.54) is 12.5 Å². The lowest BCUT2D eigenvalue weighted by molar-refractivity contribution is 0.174. The van der Waals surface area contributed by atoms with Crippen molar-refractivity contribution in [2.75, 3.05) is 31.3 Å². The van der Waals surface area contributed by atoms with Gasteiger partial charge in [0.05, 0.1) is 11.3 Å². The number of fused-ring (bicyclic) bond motifs is 2. The molecule has 7 nitrogen and oxygen atoms in total. The second kappa shape index (κ2) is 9.10. The summed E-state index contributed by atoms with van der Waals surface area (Å²) in [6.45, 7) is 4.40. The molecule has 3 aliphatic rings. The molecule has 0 amide bonds. The van der Waals surface area contributed by atoms with Crippen LogP contribution in [0.3, 0.4) is 0 Å². The molecule has 0 radical (unpaired) electrons. The number of rotatable bonds is 5. The quantitative estimate of drug-likeness (QED) is 0.545. The van der Waals surface area contributed by atoms with Crippen LogP contribution in [0.1, 0.15) is 36.1 Å². The molecule has 176 valence electrons. The number of ether oxygens (including phenoxy) is 3. The van der Waals surface area contributed by atoms with Crippen LogP contribution >= 0.6 is 0 Å². The monoisotopic (exact) mass is 462 g/mol. The van der Waals surface area contributed by atoms with E-state index in [-0.39, 0.29) is 12.5 Å². The molecule has 0 saturated carbocycles. The van der Waals surface area contributed by atoms with E-state index in [1.807, 2.05) is 12.1 Å². The molecule has 1 aromatic heterocycles. The van der Waals surface area contributed by atoms with Crippen molar-refractivity contribution in [2.24, 2.45) is 0 Å². The molecule has 0 atom stereocenters. The number of hydrogen-bond acceptors (Lipinski definition) is 7. The van der Waals surface area contributed by atoms with Gasteiger partial charge in [0.15, 0.2) is 23.1 Å². The van der Waals surface area contributed by atoms with Gasteiger partial charge in [0.25, 0.3) is 0 Å². The van der Waals surface area contributed by atoms with E-state index in [4.69, 9.17) is 24.2 Å². The lowest BCUT2D eigenvalue weighted by atomic mass is 10.1. The van der Waals surface area contributed by atoms with E-state index < -0.39 is 5.82 Å². The molecule has 0 unspecified atom stereocenters. The van der Waals surface area contributed by atoms with Gasteiger partial charge in [-0.2, -0.15) is 4.98 Å². The fourth-order valence-electron chi connectivity index (χ4n) is 4.81. The SMILES string of the molecule is Fc1ccccc1Oc1nc(N2CCCCC2)nc2c1CN(Cc1ccc3c(c1)OCO3)CC2. The zero-order chi connectivity index (χ0) is 22.9. The third-order valence-corrected chi connectivity index (χ3v) is 6.61. The van der Waals surface area contributed by atoms with Crippen molar-refractivity contribution in [1.82, 2.24) is 14.9 Å². The number of benzene rings is 2. The Labute approximate surface area is 198 Å². The van der Waals surface area contributed by atoms with Gasteiger partial charge in [0, 0.05) is 39.1 Å². The van der Waals surface area contributed by atoms with Gasteiger partial charge in [-0.3, -0.25) is 4.90 Å². The van der Waals surface area contributed by atoms with Gasteiger partial charge in [-0.05, 0) is 49.1 Å². The van der Waals surface area contributed by atoms with Crippen LogP contribution in [-0.4, -0.2) is 41.3 Å². The maximum absolute atomic E-state index is 14.4. The van der Waals surface area contributed by atoms with E-state index in [9.17, 15) is 4.39 Å². The molecule has 8 heteroatoms.